The molecule has 0 aromatic heterocycles. The molecule has 0 radical (unpaired) electrons. The molecule has 2 aliphatic rings. The van der Waals surface area contributed by atoms with E-state index in [0.29, 0.717) is 17.8 Å². The SMILES string of the molecule is C=C[C@@H]1CC[C@@H](C(C)C=O)[C@H]2C=C(C)CC[C@H]21. The minimum atomic E-state index is 0.204. The molecular formula is C16H24O. The minimum Gasteiger partial charge on any atom is -0.303 e. The van der Waals surface area contributed by atoms with Gasteiger partial charge < -0.3 is 4.79 Å². The van der Waals surface area contributed by atoms with Crippen LogP contribution in [0.4, 0.5) is 0 Å². The van der Waals surface area contributed by atoms with Crippen molar-refractivity contribution < 1.29 is 4.79 Å². The van der Waals surface area contributed by atoms with Crippen LogP contribution < -0.4 is 0 Å². The van der Waals surface area contributed by atoms with E-state index < -0.39 is 0 Å². The summed E-state index contributed by atoms with van der Waals surface area (Å²) < 4.78 is 0. The topological polar surface area (TPSA) is 17.1 Å². The molecule has 1 unspecified atom stereocenters. The quantitative estimate of drug-likeness (QED) is 0.531. The first-order valence-corrected chi connectivity index (χ1v) is 6.92. The van der Waals surface area contributed by atoms with Gasteiger partial charge in [0.05, 0.1) is 0 Å². The Balaban J connectivity index is 2.24. The Bertz CT molecular complexity index is 328. The Kier molecular flexibility index (Phi) is 3.86. The molecule has 0 aliphatic heterocycles. The van der Waals surface area contributed by atoms with E-state index in [1.54, 1.807) is 0 Å². The summed E-state index contributed by atoms with van der Waals surface area (Å²) in [7, 11) is 0. The third-order valence-corrected chi connectivity index (χ3v) is 4.91. The van der Waals surface area contributed by atoms with E-state index >= 15 is 0 Å². The predicted molar refractivity (Wildman–Crippen MR) is 71.6 cm³/mol. The smallest absolute Gasteiger partial charge is 0.123 e. The number of carbonyl (C=O) groups is 1. The first kappa shape index (κ1) is 12.6. The van der Waals surface area contributed by atoms with Crippen LogP contribution in [0, 0.1) is 29.6 Å². The van der Waals surface area contributed by atoms with E-state index in [-0.39, 0.29) is 5.92 Å². The summed E-state index contributed by atoms with van der Waals surface area (Å²) in [6, 6.07) is 0. The van der Waals surface area contributed by atoms with Gasteiger partial charge in [0.25, 0.3) is 0 Å². The molecule has 94 valence electrons. The van der Waals surface area contributed by atoms with E-state index in [0.717, 1.165) is 12.2 Å². The van der Waals surface area contributed by atoms with Gasteiger partial charge in [-0.15, -0.1) is 6.58 Å². The van der Waals surface area contributed by atoms with Crippen molar-refractivity contribution in [2.24, 2.45) is 29.6 Å². The molecule has 0 spiro atoms. The highest BCUT2D eigenvalue weighted by atomic mass is 16.1. The van der Waals surface area contributed by atoms with E-state index in [1.807, 2.05) is 0 Å². The fraction of sp³-hybridized carbons (Fsp3) is 0.688. The zero-order chi connectivity index (χ0) is 12.4. The van der Waals surface area contributed by atoms with Crippen molar-refractivity contribution in [1.82, 2.24) is 0 Å². The van der Waals surface area contributed by atoms with E-state index in [2.05, 4.69) is 32.6 Å². The van der Waals surface area contributed by atoms with Crippen LogP contribution in [0.5, 0.6) is 0 Å². The highest BCUT2D eigenvalue weighted by Crippen LogP contribution is 2.48. The fourth-order valence-electron chi connectivity index (χ4n) is 3.86. The molecule has 0 aromatic rings. The van der Waals surface area contributed by atoms with Crippen molar-refractivity contribution in [3.63, 3.8) is 0 Å². The standard InChI is InChI=1S/C16H24O/c1-4-13-6-8-14(12(3)10-17)16-9-11(2)5-7-15(13)16/h4,9-10,12-16H,1,5-8H2,2-3H3/t12?,13-,14+,15+,16-/m1/s1. The first-order chi connectivity index (χ1) is 8.17. The lowest BCUT2D eigenvalue weighted by Gasteiger charge is -2.45. The molecule has 2 aliphatic carbocycles. The van der Waals surface area contributed by atoms with E-state index in [9.17, 15) is 4.79 Å². The highest BCUT2D eigenvalue weighted by molar-refractivity contribution is 5.53. The number of carbonyl (C=O) groups excluding carboxylic acids is 1. The molecular weight excluding hydrogens is 208 g/mol. The average Bonchev–Trinajstić information content (AvgIpc) is 2.36. The van der Waals surface area contributed by atoms with Gasteiger partial charge in [-0.3, -0.25) is 0 Å². The lowest BCUT2D eigenvalue weighted by Crippen LogP contribution is -2.38. The van der Waals surface area contributed by atoms with Gasteiger partial charge in [-0.1, -0.05) is 24.6 Å². The maximum absolute atomic E-state index is 11.1. The average molecular weight is 232 g/mol. The van der Waals surface area contributed by atoms with Crippen LogP contribution >= 0.6 is 0 Å². The lowest BCUT2D eigenvalue weighted by molar-refractivity contribution is -0.113. The maximum Gasteiger partial charge on any atom is 0.123 e. The summed E-state index contributed by atoms with van der Waals surface area (Å²) >= 11 is 0. The van der Waals surface area contributed by atoms with Crippen LogP contribution in [0.3, 0.4) is 0 Å². The molecule has 1 heteroatoms. The number of hydrogen-bond donors (Lipinski definition) is 0. The Morgan fingerprint density at radius 1 is 1.41 bits per heavy atom. The van der Waals surface area contributed by atoms with Gasteiger partial charge in [-0.2, -0.15) is 0 Å². The molecule has 0 heterocycles. The van der Waals surface area contributed by atoms with Gasteiger partial charge in [0, 0.05) is 5.92 Å². The first-order valence-electron chi connectivity index (χ1n) is 6.92. The van der Waals surface area contributed by atoms with Gasteiger partial charge in [0.2, 0.25) is 0 Å². The van der Waals surface area contributed by atoms with Gasteiger partial charge in [0.15, 0.2) is 0 Å². The molecule has 1 nitrogen and oxygen atoms in total. The molecule has 0 amide bonds. The monoisotopic (exact) mass is 232 g/mol. The van der Waals surface area contributed by atoms with Crippen molar-refractivity contribution in [1.29, 1.82) is 0 Å². The summed E-state index contributed by atoms with van der Waals surface area (Å²) in [4.78, 5) is 11.1. The molecule has 1 fully saturated rings. The van der Waals surface area contributed by atoms with Crippen LogP contribution in [0.1, 0.15) is 39.5 Å². The van der Waals surface area contributed by atoms with Crippen LogP contribution in [0.2, 0.25) is 0 Å². The molecule has 0 bridgehead atoms. The van der Waals surface area contributed by atoms with Crippen molar-refractivity contribution in [2.45, 2.75) is 39.5 Å². The molecule has 0 saturated heterocycles. The maximum atomic E-state index is 11.1. The number of fused-ring (bicyclic) bond motifs is 1. The van der Waals surface area contributed by atoms with E-state index in [4.69, 9.17) is 0 Å². The Morgan fingerprint density at radius 2 is 2.18 bits per heavy atom. The van der Waals surface area contributed by atoms with Crippen LogP contribution in [-0.2, 0) is 4.79 Å². The van der Waals surface area contributed by atoms with Gasteiger partial charge in [0.1, 0.15) is 6.29 Å². The zero-order valence-electron chi connectivity index (χ0n) is 11.1. The van der Waals surface area contributed by atoms with Gasteiger partial charge in [-0.25, -0.2) is 0 Å². The largest absolute Gasteiger partial charge is 0.303 e. The van der Waals surface area contributed by atoms with Crippen molar-refractivity contribution in [2.75, 3.05) is 0 Å². The van der Waals surface area contributed by atoms with Gasteiger partial charge >= 0.3 is 0 Å². The Morgan fingerprint density at radius 3 is 2.82 bits per heavy atom. The normalized spacial score (nSPS) is 38.8. The summed E-state index contributed by atoms with van der Waals surface area (Å²) in [5, 5.41) is 0. The lowest BCUT2D eigenvalue weighted by atomic mass is 9.60. The number of allylic oxidation sites excluding steroid dienone is 3. The highest BCUT2D eigenvalue weighted by Gasteiger charge is 2.40. The molecule has 0 aromatic carbocycles. The zero-order valence-corrected chi connectivity index (χ0v) is 11.1. The summed E-state index contributed by atoms with van der Waals surface area (Å²) in [6.07, 6.45) is 10.7. The van der Waals surface area contributed by atoms with Crippen molar-refractivity contribution in [3.05, 3.63) is 24.3 Å². The second-order valence-corrected chi connectivity index (χ2v) is 5.93. The molecule has 5 atom stereocenters. The number of rotatable bonds is 3. The second-order valence-electron chi connectivity index (χ2n) is 5.93. The molecule has 1 saturated carbocycles. The summed E-state index contributed by atoms with van der Waals surface area (Å²) in [5.74, 6) is 2.77. The predicted octanol–water partition coefficient (Wildman–Crippen LogP) is 4.01. The second kappa shape index (κ2) is 5.20. The van der Waals surface area contributed by atoms with Crippen LogP contribution in [0.15, 0.2) is 24.3 Å². The molecule has 2 rings (SSSR count). The Hall–Kier alpha value is -0.850. The van der Waals surface area contributed by atoms with Gasteiger partial charge in [-0.05, 0) is 56.3 Å². The molecule has 17 heavy (non-hydrogen) atoms. The van der Waals surface area contributed by atoms with Crippen molar-refractivity contribution in [3.8, 4) is 0 Å². The van der Waals surface area contributed by atoms with E-state index in [1.165, 1.54) is 31.3 Å². The number of hydrogen-bond acceptors (Lipinski definition) is 1. The number of aldehydes is 1. The summed E-state index contributed by atoms with van der Waals surface area (Å²) in [5.41, 5.74) is 1.51. The summed E-state index contributed by atoms with van der Waals surface area (Å²) in [6.45, 7) is 8.31. The van der Waals surface area contributed by atoms with Crippen molar-refractivity contribution >= 4 is 6.29 Å². The third kappa shape index (κ3) is 2.38. The Labute approximate surface area is 105 Å². The minimum absolute atomic E-state index is 0.204. The van der Waals surface area contributed by atoms with Crippen LogP contribution in [0.25, 0.3) is 0 Å². The fourth-order valence-corrected chi connectivity index (χ4v) is 3.86. The third-order valence-electron chi connectivity index (χ3n) is 4.91. The van der Waals surface area contributed by atoms with Crippen LogP contribution in [-0.4, -0.2) is 6.29 Å². The molecule has 0 N–H and O–H groups in total.